The summed E-state index contributed by atoms with van der Waals surface area (Å²) in [5, 5.41) is 3.53. The summed E-state index contributed by atoms with van der Waals surface area (Å²) < 4.78 is 0. The predicted molar refractivity (Wildman–Crippen MR) is 85.9 cm³/mol. The van der Waals surface area contributed by atoms with Crippen molar-refractivity contribution >= 4 is 34.4 Å². The number of amides is 4. The van der Waals surface area contributed by atoms with Crippen LogP contribution in [0.2, 0.25) is 0 Å². The van der Waals surface area contributed by atoms with E-state index in [1.165, 1.54) is 6.07 Å². The minimum atomic E-state index is -0.962. The monoisotopic (exact) mass is 411 g/mol. The van der Waals surface area contributed by atoms with Gasteiger partial charge in [0.1, 0.15) is 6.04 Å². The Bertz CT molecular complexity index is 858. The fourth-order valence-electron chi connectivity index (χ4n) is 3.19. The molecule has 7 heteroatoms. The van der Waals surface area contributed by atoms with E-state index in [0.29, 0.717) is 16.5 Å². The maximum Gasteiger partial charge on any atom is 0.259 e. The quantitative estimate of drug-likeness (QED) is 0.570. The maximum atomic E-state index is 12.8. The van der Waals surface area contributed by atoms with Gasteiger partial charge in [-0.05, 0) is 6.42 Å². The Kier molecular flexibility index (Phi) is 5.54. The van der Waals surface area contributed by atoms with Crippen LogP contribution in [0.25, 0.3) is 10.8 Å². The van der Waals surface area contributed by atoms with Crippen molar-refractivity contribution in [3.05, 3.63) is 55.0 Å². The minimum absolute atomic E-state index is 0. The summed E-state index contributed by atoms with van der Waals surface area (Å²) in [5.74, 6) is -2.03. The molecule has 25 heavy (non-hydrogen) atoms. The van der Waals surface area contributed by atoms with E-state index in [0.717, 1.165) is 10.3 Å². The molecule has 0 saturated carbocycles. The van der Waals surface area contributed by atoms with Gasteiger partial charge in [-0.25, -0.2) is 0 Å². The number of rotatable bonds is 1. The Balaban J connectivity index is 0.00000113. The van der Waals surface area contributed by atoms with E-state index in [4.69, 9.17) is 0 Å². The van der Waals surface area contributed by atoms with Gasteiger partial charge in [0.2, 0.25) is 17.7 Å². The molecule has 1 saturated heterocycles. The van der Waals surface area contributed by atoms with Gasteiger partial charge in [-0.3, -0.25) is 29.4 Å². The molecule has 2 aliphatic heterocycles. The molecule has 1 radical (unpaired) electrons. The van der Waals surface area contributed by atoms with Crippen LogP contribution in [0.1, 0.15) is 33.6 Å². The standard InChI is InChI=1S/C17H11N2O4.CH3.Y/c20-13-8-7-12(15(21)18-13)19-16(22)10-5-1-3-9-4-2-6-11(14(9)10)17(19)23;;/h1,3-6,12H,7-8H2,(H,18,20,21);1H3;/q2*-1;. The van der Waals surface area contributed by atoms with Gasteiger partial charge in [0.25, 0.3) is 5.91 Å². The van der Waals surface area contributed by atoms with Crippen LogP contribution in [0, 0.1) is 13.5 Å². The van der Waals surface area contributed by atoms with Crippen LogP contribution in [0.4, 0.5) is 0 Å². The van der Waals surface area contributed by atoms with Gasteiger partial charge < -0.3 is 7.43 Å². The fourth-order valence-corrected chi connectivity index (χ4v) is 3.19. The first kappa shape index (κ1) is 19.4. The topological polar surface area (TPSA) is 83.6 Å². The number of hydrogen-bond acceptors (Lipinski definition) is 4. The number of nitrogens with zero attached hydrogens (tertiary/aromatic N) is 1. The molecule has 0 aliphatic carbocycles. The van der Waals surface area contributed by atoms with Crippen LogP contribution in [0.3, 0.4) is 0 Å². The molecule has 1 fully saturated rings. The van der Waals surface area contributed by atoms with E-state index in [9.17, 15) is 19.2 Å². The van der Waals surface area contributed by atoms with Gasteiger partial charge in [0.15, 0.2) is 0 Å². The third-order valence-corrected chi connectivity index (χ3v) is 4.25. The molecule has 6 nitrogen and oxygen atoms in total. The molecule has 0 spiro atoms. The molecule has 2 heterocycles. The second-order valence-electron chi connectivity index (χ2n) is 5.59. The van der Waals surface area contributed by atoms with Gasteiger partial charge in [-0.1, -0.05) is 17.7 Å². The largest absolute Gasteiger partial charge is 0.358 e. The molecule has 1 atom stereocenters. The predicted octanol–water partition coefficient (Wildman–Crippen LogP) is 1.49. The maximum absolute atomic E-state index is 12.8. The first-order valence-electron chi connectivity index (χ1n) is 7.22. The number of carbonyl (C=O) groups excluding carboxylic acids is 4. The van der Waals surface area contributed by atoms with Gasteiger partial charge in [0.05, 0.1) is 0 Å². The van der Waals surface area contributed by atoms with E-state index in [-0.39, 0.29) is 58.9 Å². The molecule has 1 N–H and O–H groups in total. The summed E-state index contributed by atoms with van der Waals surface area (Å²) in [4.78, 5) is 49.9. The summed E-state index contributed by atoms with van der Waals surface area (Å²) in [6, 6.07) is 10.3. The molecular weight excluding hydrogens is 397 g/mol. The summed E-state index contributed by atoms with van der Waals surface area (Å²) in [6.45, 7) is 0. The molecule has 0 aromatic heterocycles. The van der Waals surface area contributed by atoms with Crippen molar-refractivity contribution in [3.63, 3.8) is 0 Å². The van der Waals surface area contributed by atoms with Crippen LogP contribution >= 0.6 is 0 Å². The summed E-state index contributed by atoms with van der Waals surface area (Å²) >= 11 is 0. The molecule has 4 amide bonds. The summed E-state index contributed by atoms with van der Waals surface area (Å²) in [5.41, 5.74) is 0.734. The van der Waals surface area contributed by atoms with Crippen molar-refractivity contribution in [2.24, 2.45) is 0 Å². The van der Waals surface area contributed by atoms with E-state index >= 15 is 0 Å². The van der Waals surface area contributed by atoms with E-state index in [1.54, 1.807) is 24.3 Å². The normalized spacial score (nSPS) is 19.2. The van der Waals surface area contributed by atoms with Crippen LogP contribution in [0.15, 0.2) is 30.3 Å². The van der Waals surface area contributed by atoms with Crippen LogP contribution in [-0.4, -0.2) is 34.6 Å². The molecule has 125 valence electrons. The Morgan fingerprint density at radius 2 is 1.76 bits per heavy atom. The second kappa shape index (κ2) is 7.14. The van der Waals surface area contributed by atoms with Crippen molar-refractivity contribution < 1.29 is 51.9 Å². The number of hydrogen-bond donors (Lipinski definition) is 1. The zero-order valence-electron chi connectivity index (χ0n) is 13.5. The van der Waals surface area contributed by atoms with Crippen molar-refractivity contribution in [1.82, 2.24) is 10.2 Å². The van der Waals surface area contributed by atoms with Gasteiger partial charge in [0, 0.05) is 44.7 Å². The van der Waals surface area contributed by atoms with E-state index < -0.39 is 23.8 Å². The first-order valence-corrected chi connectivity index (χ1v) is 7.22. The summed E-state index contributed by atoms with van der Waals surface area (Å²) in [6.07, 6.45) is 0.245. The number of nitrogens with one attached hydrogen (secondary N) is 1. The van der Waals surface area contributed by atoms with E-state index in [2.05, 4.69) is 11.4 Å². The SMILES string of the molecule is O=C1CCC(N2C(=O)c3c[c-]cc4cccc(c34)C2=O)C(=O)N1.[CH3-].[Y]. The molecular formula is C18H14N2O4Y-2. The van der Waals surface area contributed by atoms with Crippen molar-refractivity contribution in [2.75, 3.05) is 0 Å². The first-order chi connectivity index (χ1) is 11.1. The number of piperidine rings is 1. The second-order valence-corrected chi connectivity index (χ2v) is 5.59. The zero-order chi connectivity index (χ0) is 16.1. The molecule has 1 unspecified atom stereocenters. The smallest absolute Gasteiger partial charge is 0.259 e. The van der Waals surface area contributed by atoms with Gasteiger partial charge >= 0.3 is 0 Å². The summed E-state index contributed by atoms with van der Waals surface area (Å²) in [7, 11) is 0. The molecule has 0 bridgehead atoms. The Morgan fingerprint density at radius 1 is 1.04 bits per heavy atom. The van der Waals surface area contributed by atoms with Crippen LogP contribution in [0.5, 0.6) is 0 Å². The minimum Gasteiger partial charge on any atom is -0.358 e. The Morgan fingerprint density at radius 3 is 2.48 bits per heavy atom. The van der Waals surface area contributed by atoms with Crippen LogP contribution in [-0.2, 0) is 42.3 Å². The van der Waals surface area contributed by atoms with Crippen molar-refractivity contribution in [2.45, 2.75) is 18.9 Å². The van der Waals surface area contributed by atoms with Crippen molar-refractivity contribution in [1.29, 1.82) is 0 Å². The van der Waals surface area contributed by atoms with Crippen LogP contribution < -0.4 is 5.32 Å². The molecule has 2 aliphatic rings. The third-order valence-electron chi connectivity index (χ3n) is 4.25. The fraction of sp³-hybridized carbons (Fsp3) is 0.167. The number of carbonyl (C=O) groups is 4. The Labute approximate surface area is 169 Å². The molecule has 4 rings (SSSR count). The van der Waals surface area contributed by atoms with Gasteiger partial charge in [-0.2, -0.15) is 18.2 Å². The third kappa shape index (κ3) is 2.94. The van der Waals surface area contributed by atoms with Crippen molar-refractivity contribution in [3.8, 4) is 0 Å². The number of benzene rings is 2. The average molecular weight is 411 g/mol. The Hall–Kier alpha value is -1.92. The average Bonchev–Trinajstić information content (AvgIpc) is 2.54. The molecule has 2 aromatic carbocycles. The number of imide groups is 2. The van der Waals surface area contributed by atoms with E-state index in [1.807, 2.05) is 0 Å². The molecule has 2 aromatic rings. The zero-order valence-corrected chi connectivity index (χ0v) is 16.4. The van der Waals surface area contributed by atoms with Gasteiger partial charge in [-0.15, -0.1) is 16.8 Å².